The van der Waals surface area contributed by atoms with E-state index in [0.717, 1.165) is 0 Å². The van der Waals surface area contributed by atoms with Crippen LogP contribution in [-0.2, 0) is 6.54 Å². The lowest BCUT2D eigenvalue weighted by Gasteiger charge is -2.01. The zero-order chi connectivity index (χ0) is 9.14. The number of carboxylic acid groups (broad SMARTS) is 1. The highest BCUT2D eigenvalue weighted by Crippen LogP contribution is 2.05. The van der Waals surface area contributed by atoms with Crippen LogP contribution in [0, 0.1) is 6.92 Å². The molecule has 0 saturated heterocycles. The van der Waals surface area contributed by atoms with E-state index < -0.39 is 5.97 Å². The third kappa shape index (κ3) is 3.49. The largest absolute Gasteiger partial charge is 0.478 e. The lowest BCUT2D eigenvalue weighted by molar-refractivity contribution is 0.0695. The van der Waals surface area contributed by atoms with Gasteiger partial charge in [0.05, 0.1) is 17.0 Å². The van der Waals surface area contributed by atoms with Crippen molar-refractivity contribution in [2.75, 3.05) is 0 Å². The number of aromatic nitrogens is 1. The van der Waals surface area contributed by atoms with E-state index in [4.69, 9.17) is 10.8 Å². The molecule has 0 atom stereocenters. The Labute approximate surface area is 94.3 Å². The summed E-state index contributed by atoms with van der Waals surface area (Å²) in [5, 5.41) is 8.66. The van der Waals surface area contributed by atoms with Gasteiger partial charge in [0.15, 0.2) is 0 Å². The molecule has 14 heavy (non-hydrogen) atoms. The molecule has 0 aromatic carbocycles. The molecule has 0 fully saturated rings. The van der Waals surface area contributed by atoms with Crippen molar-refractivity contribution in [3.63, 3.8) is 0 Å². The molecule has 0 unspecified atom stereocenters. The van der Waals surface area contributed by atoms with Crippen molar-refractivity contribution in [2.45, 2.75) is 13.5 Å². The maximum Gasteiger partial charge on any atom is 0.337 e. The average molecular weight is 239 g/mol. The van der Waals surface area contributed by atoms with Gasteiger partial charge >= 0.3 is 5.97 Å². The van der Waals surface area contributed by atoms with E-state index in [9.17, 15) is 4.79 Å². The molecule has 0 bridgehead atoms. The van der Waals surface area contributed by atoms with Crippen molar-refractivity contribution in [1.82, 2.24) is 4.98 Å². The summed E-state index contributed by atoms with van der Waals surface area (Å²) in [4.78, 5) is 14.6. The molecule has 4 nitrogen and oxygen atoms in total. The monoisotopic (exact) mass is 238 g/mol. The average Bonchev–Trinajstić information content (AvgIpc) is 2.03. The smallest absolute Gasteiger partial charge is 0.337 e. The van der Waals surface area contributed by atoms with Crippen LogP contribution in [0.2, 0.25) is 0 Å². The van der Waals surface area contributed by atoms with Crippen molar-refractivity contribution in [3.05, 3.63) is 29.1 Å². The molecule has 1 aromatic rings. The predicted octanol–water partition coefficient (Wildman–Crippen LogP) is 1.39. The Hall–Kier alpha value is -0.840. The summed E-state index contributed by atoms with van der Waals surface area (Å²) < 4.78 is 0. The summed E-state index contributed by atoms with van der Waals surface area (Å²) in [5.74, 6) is -0.955. The second kappa shape index (κ2) is 6.59. The van der Waals surface area contributed by atoms with Gasteiger partial charge in [0.25, 0.3) is 0 Å². The molecular formula is C8H12Cl2N2O2. The van der Waals surface area contributed by atoms with E-state index in [1.54, 1.807) is 13.0 Å². The van der Waals surface area contributed by atoms with Crippen LogP contribution in [0.15, 0.2) is 12.1 Å². The molecule has 0 spiro atoms. The van der Waals surface area contributed by atoms with Crippen LogP contribution in [0.25, 0.3) is 0 Å². The number of aryl methyl sites for hydroxylation is 1. The molecule has 3 N–H and O–H groups in total. The van der Waals surface area contributed by atoms with Crippen LogP contribution in [0.5, 0.6) is 0 Å². The third-order valence-corrected chi connectivity index (χ3v) is 1.58. The van der Waals surface area contributed by atoms with E-state index in [1.165, 1.54) is 6.07 Å². The third-order valence-electron chi connectivity index (χ3n) is 1.58. The Bertz CT molecular complexity index is 318. The molecule has 1 rings (SSSR count). The first kappa shape index (κ1) is 15.6. The Morgan fingerprint density at radius 3 is 2.43 bits per heavy atom. The summed E-state index contributed by atoms with van der Waals surface area (Å²) in [5.41, 5.74) is 6.77. The van der Waals surface area contributed by atoms with Gasteiger partial charge in [0.1, 0.15) is 0 Å². The van der Waals surface area contributed by atoms with E-state index in [0.29, 0.717) is 17.9 Å². The second-order valence-corrected chi connectivity index (χ2v) is 2.44. The van der Waals surface area contributed by atoms with Crippen LogP contribution >= 0.6 is 24.8 Å². The fourth-order valence-electron chi connectivity index (χ4n) is 0.953. The number of hydrogen-bond donors (Lipinski definition) is 2. The quantitative estimate of drug-likeness (QED) is 0.817. The molecule has 0 radical (unpaired) electrons. The molecule has 0 saturated carbocycles. The van der Waals surface area contributed by atoms with Crippen LogP contribution in [0.1, 0.15) is 21.7 Å². The van der Waals surface area contributed by atoms with E-state index in [1.807, 2.05) is 0 Å². The molecule has 0 amide bonds. The van der Waals surface area contributed by atoms with Crippen LogP contribution in [0.3, 0.4) is 0 Å². The number of nitrogens with zero attached hydrogens (tertiary/aromatic N) is 1. The Kier molecular flexibility index (Phi) is 7.35. The number of rotatable bonds is 2. The minimum atomic E-state index is -0.955. The standard InChI is InChI=1S/C8H10N2O2.2ClH/c1-5-7(8(11)12)3-2-6(4-9)10-5;;/h2-3H,4,9H2,1H3,(H,11,12);2*1H. The molecule has 0 aliphatic rings. The van der Waals surface area contributed by atoms with Crippen LogP contribution in [-0.4, -0.2) is 16.1 Å². The first-order valence-electron chi connectivity index (χ1n) is 3.55. The van der Waals surface area contributed by atoms with Crippen molar-refractivity contribution in [1.29, 1.82) is 0 Å². The zero-order valence-corrected chi connectivity index (χ0v) is 9.19. The Morgan fingerprint density at radius 1 is 1.50 bits per heavy atom. The Morgan fingerprint density at radius 2 is 2.07 bits per heavy atom. The van der Waals surface area contributed by atoms with Crippen molar-refractivity contribution >= 4 is 30.8 Å². The molecule has 1 aromatic heterocycles. The fourth-order valence-corrected chi connectivity index (χ4v) is 0.953. The Balaban J connectivity index is 0. The van der Waals surface area contributed by atoms with Gasteiger partial charge in [0.2, 0.25) is 0 Å². The van der Waals surface area contributed by atoms with Crippen molar-refractivity contribution in [3.8, 4) is 0 Å². The summed E-state index contributed by atoms with van der Waals surface area (Å²) in [6.45, 7) is 1.99. The number of carbonyl (C=O) groups is 1. The SMILES string of the molecule is Cc1nc(CN)ccc1C(=O)O.Cl.Cl. The topological polar surface area (TPSA) is 76.2 Å². The molecule has 1 heterocycles. The van der Waals surface area contributed by atoms with E-state index >= 15 is 0 Å². The predicted molar refractivity (Wildman–Crippen MR) is 58.3 cm³/mol. The fraction of sp³-hybridized carbons (Fsp3) is 0.250. The summed E-state index contributed by atoms with van der Waals surface area (Å²) in [6, 6.07) is 3.14. The summed E-state index contributed by atoms with van der Waals surface area (Å²) in [6.07, 6.45) is 0. The maximum absolute atomic E-state index is 10.6. The highest BCUT2D eigenvalue weighted by atomic mass is 35.5. The minimum Gasteiger partial charge on any atom is -0.478 e. The first-order chi connectivity index (χ1) is 5.65. The minimum absolute atomic E-state index is 0. The lowest BCUT2D eigenvalue weighted by Crippen LogP contribution is -2.06. The number of hydrogen-bond acceptors (Lipinski definition) is 3. The number of pyridine rings is 1. The number of carboxylic acids is 1. The molecular weight excluding hydrogens is 227 g/mol. The van der Waals surface area contributed by atoms with Gasteiger partial charge in [-0.05, 0) is 19.1 Å². The van der Waals surface area contributed by atoms with Gasteiger partial charge in [-0.25, -0.2) is 4.79 Å². The summed E-state index contributed by atoms with van der Waals surface area (Å²) in [7, 11) is 0. The zero-order valence-electron chi connectivity index (χ0n) is 7.56. The van der Waals surface area contributed by atoms with E-state index in [-0.39, 0.29) is 30.4 Å². The normalized spacial score (nSPS) is 8.43. The van der Waals surface area contributed by atoms with Crippen molar-refractivity contribution < 1.29 is 9.90 Å². The van der Waals surface area contributed by atoms with E-state index in [2.05, 4.69) is 4.98 Å². The van der Waals surface area contributed by atoms with Crippen molar-refractivity contribution in [2.24, 2.45) is 5.73 Å². The van der Waals surface area contributed by atoms with Gasteiger partial charge in [-0.1, -0.05) is 0 Å². The summed E-state index contributed by atoms with van der Waals surface area (Å²) >= 11 is 0. The van der Waals surface area contributed by atoms with Gasteiger partial charge < -0.3 is 10.8 Å². The molecule has 0 aliphatic carbocycles. The van der Waals surface area contributed by atoms with Crippen LogP contribution < -0.4 is 5.73 Å². The van der Waals surface area contributed by atoms with Crippen LogP contribution in [0.4, 0.5) is 0 Å². The number of halogens is 2. The van der Waals surface area contributed by atoms with Gasteiger partial charge in [-0.15, -0.1) is 24.8 Å². The second-order valence-electron chi connectivity index (χ2n) is 2.44. The molecule has 6 heteroatoms. The first-order valence-corrected chi connectivity index (χ1v) is 3.55. The van der Waals surface area contributed by atoms with Gasteiger partial charge in [-0.2, -0.15) is 0 Å². The van der Waals surface area contributed by atoms with Gasteiger partial charge in [0, 0.05) is 6.54 Å². The highest BCUT2D eigenvalue weighted by molar-refractivity contribution is 5.88. The maximum atomic E-state index is 10.6. The molecule has 80 valence electrons. The molecule has 0 aliphatic heterocycles. The van der Waals surface area contributed by atoms with Gasteiger partial charge in [-0.3, -0.25) is 4.98 Å². The highest BCUT2D eigenvalue weighted by Gasteiger charge is 2.07. The number of aromatic carboxylic acids is 1. The number of nitrogens with two attached hydrogens (primary N) is 1. The lowest BCUT2D eigenvalue weighted by atomic mass is 10.2.